The molecular formula is C18H12N2OS. The number of aromatic nitrogens is 2. The Morgan fingerprint density at radius 3 is 2.32 bits per heavy atom. The van der Waals surface area contributed by atoms with E-state index in [-0.39, 0.29) is 0 Å². The van der Waals surface area contributed by atoms with Gasteiger partial charge in [-0.2, -0.15) is 0 Å². The first-order chi connectivity index (χ1) is 10.9. The number of benzene rings is 2. The Kier molecular flexibility index (Phi) is 3.37. The van der Waals surface area contributed by atoms with Crippen molar-refractivity contribution in [2.24, 2.45) is 0 Å². The zero-order chi connectivity index (χ0) is 14.8. The van der Waals surface area contributed by atoms with Gasteiger partial charge in [0.2, 0.25) is 5.71 Å². The van der Waals surface area contributed by atoms with Crippen LogP contribution in [0.1, 0.15) is 0 Å². The van der Waals surface area contributed by atoms with Crippen LogP contribution >= 0.6 is 11.8 Å². The summed E-state index contributed by atoms with van der Waals surface area (Å²) in [5, 5.41) is 1.84. The molecule has 0 bridgehead atoms. The Morgan fingerprint density at radius 1 is 0.818 bits per heavy atom. The third kappa shape index (κ3) is 2.49. The molecule has 0 aliphatic heterocycles. The molecule has 0 radical (unpaired) electrons. The number of nitrogens with zero attached hydrogens (tertiary/aromatic N) is 2. The van der Waals surface area contributed by atoms with Crippen LogP contribution < -0.4 is 0 Å². The topological polar surface area (TPSA) is 38.9 Å². The smallest absolute Gasteiger partial charge is 0.230 e. The molecule has 106 valence electrons. The van der Waals surface area contributed by atoms with Gasteiger partial charge in [0, 0.05) is 10.5 Å². The molecule has 0 saturated carbocycles. The molecule has 0 aliphatic carbocycles. The Morgan fingerprint density at radius 2 is 1.55 bits per heavy atom. The van der Waals surface area contributed by atoms with E-state index in [1.165, 1.54) is 0 Å². The van der Waals surface area contributed by atoms with Crippen molar-refractivity contribution in [3.8, 4) is 11.3 Å². The van der Waals surface area contributed by atoms with E-state index in [0.29, 0.717) is 5.71 Å². The van der Waals surface area contributed by atoms with Crippen molar-refractivity contribution in [1.29, 1.82) is 0 Å². The van der Waals surface area contributed by atoms with Crippen molar-refractivity contribution in [1.82, 2.24) is 9.97 Å². The molecule has 4 heteroatoms. The summed E-state index contributed by atoms with van der Waals surface area (Å²) in [5.41, 5.74) is 1.66. The number of hydrogen-bond acceptors (Lipinski definition) is 4. The van der Waals surface area contributed by atoms with Gasteiger partial charge in [0.15, 0.2) is 0 Å². The first-order valence-corrected chi connectivity index (χ1v) is 7.75. The van der Waals surface area contributed by atoms with Crippen LogP contribution in [0.4, 0.5) is 0 Å². The summed E-state index contributed by atoms with van der Waals surface area (Å²) in [6.07, 6.45) is 1.55. The highest BCUT2D eigenvalue weighted by Gasteiger charge is 2.12. The lowest BCUT2D eigenvalue weighted by atomic mass is 10.2. The Bertz CT molecular complexity index is 904. The molecule has 0 spiro atoms. The first kappa shape index (κ1) is 13.1. The molecule has 0 fully saturated rings. The molecule has 3 nitrogen and oxygen atoms in total. The van der Waals surface area contributed by atoms with E-state index < -0.39 is 0 Å². The minimum atomic E-state index is 0.618. The monoisotopic (exact) mass is 304 g/mol. The van der Waals surface area contributed by atoms with E-state index in [0.717, 1.165) is 26.6 Å². The van der Waals surface area contributed by atoms with Gasteiger partial charge in [0.1, 0.15) is 17.1 Å². The van der Waals surface area contributed by atoms with Gasteiger partial charge >= 0.3 is 0 Å². The van der Waals surface area contributed by atoms with Crippen LogP contribution in [-0.4, -0.2) is 9.97 Å². The average molecular weight is 304 g/mol. The van der Waals surface area contributed by atoms with Crippen LogP contribution in [0.25, 0.3) is 22.4 Å². The Labute approximate surface area is 132 Å². The molecule has 0 saturated heterocycles. The fourth-order valence-corrected chi connectivity index (χ4v) is 3.13. The van der Waals surface area contributed by atoms with Crippen molar-refractivity contribution in [3.05, 3.63) is 73.1 Å². The summed E-state index contributed by atoms with van der Waals surface area (Å²) in [7, 11) is 0. The minimum absolute atomic E-state index is 0.618. The first-order valence-electron chi connectivity index (χ1n) is 6.93. The van der Waals surface area contributed by atoms with Crippen molar-refractivity contribution >= 4 is 22.9 Å². The van der Waals surface area contributed by atoms with E-state index in [4.69, 9.17) is 4.42 Å². The summed E-state index contributed by atoms with van der Waals surface area (Å²) < 4.78 is 5.87. The molecule has 0 unspecified atom stereocenters. The third-order valence-electron chi connectivity index (χ3n) is 3.31. The fraction of sp³-hybridized carbons (Fsp3) is 0. The molecule has 0 amide bonds. The van der Waals surface area contributed by atoms with Crippen LogP contribution in [0.3, 0.4) is 0 Å². The fourth-order valence-electron chi connectivity index (χ4n) is 2.26. The van der Waals surface area contributed by atoms with Crippen LogP contribution in [0.5, 0.6) is 0 Å². The largest absolute Gasteiger partial charge is 0.438 e. The molecule has 22 heavy (non-hydrogen) atoms. The summed E-state index contributed by atoms with van der Waals surface area (Å²) in [6.45, 7) is 0. The zero-order valence-electron chi connectivity index (χ0n) is 11.6. The van der Waals surface area contributed by atoms with Crippen molar-refractivity contribution in [3.63, 3.8) is 0 Å². The lowest BCUT2D eigenvalue weighted by Crippen LogP contribution is -1.83. The van der Waals surface area contributed by atoms with Gasteiger partial charge in [-0.3, -0.25) is 0 Å². The SMILES string of the molecule is c1ccc(Sc2ncnc3oc(-c4ccccc4)cc23)cc1. The zero-order valence-corrected chi connectivity index (χ0v) is 12.5. The molecule has 2 aromatic heterocycles. The maximum absolute atomic E-state index is 5.87. The number of furan rings is 1. The predicted molar refractivity (Wildman–Crippen MR) is 87.8 cm³/mol. The summed E-state index contributed by atoms with van der Waals surface area (Å²) in [5.74, 6) is 0.811. The van der Waals surface area contributed by atoms with E-state index in [9.17, 15) is 0 Å². The average Bonchev–Trinajstić information content (AvgIpc) is 3.02. The van der Waals surface area contributed by atoms with E-state index in [2.05, 4.69) is 22.1 Å². The number of hydrogen-bond donors (Lipinski definition) is 0. The molecule has 0 N–H and O–H groups in total. The number of rotatable bonds is 3. The Balaban J connectivity index is 1.78. The number of fused-ring (bicyclic) bond motifs is 1. The van der Waals surface area contributed by atoms with Crippen molar-refractivity contribution in [2.45, 2.75) is 9.92 Å². The van der Waals surface area contributed by atoms with Crippen LogP contribution in [-0.2, 0) is 0 Å². The molecule has 4 aromatic rings. The molecule has 0 atom stereocenters. The third-order valence-corrected chi connectivity index (χ3v) is 4.34. The van der Waals surface area contributed by atoms with Crippen LogP contribution in [0.2, 0.25) is 0 Å². The van der Waals surface area contributed by atoms with Crippen LogP contribution in [0, 0.1) is 0 Å². The Hall–Kier alpha value is -2.59. The van der Waals surface area contributed by atoms with Gasteiger partial charge in [-0.15, -0.1) is 0 Å². The summed E-state index contributed by atoms with van der Waals surface area (Å²) in [4.78, 5) is 9.78. The highest BCUT2D eigenvalue weighted by molar-refractivity contribution is 7.99. The second-order valence-electron chi connectivity index (χ2n) is 4.79. The van der Waals surface area contributed by atoms with Gasteiger partial charge in [-0.05, 0) is 18.2 Å². The molecular weight excluding hydrogens is 292 g/mol. The van der Waals surface area contributed by atoms with Crippen molar-refractivity contribution < 1.29 is 4.42 Å². The van der Waals surface area contributed by atoms with Crippen LogP contribution in [0.15, 0.2) is 87.4 Å². The highest BCUT2D eigenvalue weighted by Crippen LogP contribution is 2.34. The van der Waals surface area contributed by atoms with Gasteiger partial charge < -0.3 is 4.42 Å². The molecule has 2 aromatic carbocycles. The molecule has 4 rings (SSSR count). The highest BCUT2D eigenvalue weighted by atomic mass is 32.2. The normalized spacial score (nSPS) is 10.9. The summed E-state index contributed by atoms with van der Waals surface area (Å²) >= 11 is 1.61. The maximum Gasteiger partial charge on any atom is 0.230 e. The summed E-state index contributed by atoms with van der Waals surface area (Å²) in [6, 6.07) is 22.2. The quantitative estimate of drug-likeness (QED) is 0.497. The standard InChI is InChI=1S/C18H12N2OS/c1-3-7-13(8-4-1)16-11-15-17(21-16)19-12-20-18(15)22-14-9-5-2-6-10-14/h1-12H. The predicted octanol–water partition coefficient (Wildman–Crippen LogP) is 5.04. The van der Waals surface area contributed by atoms with Gasteiger partial charge in [0.25, 0.3) is 0 Å². The molecule has 2 heterocycles. The van der Waals surface area contributed by atoms with Gasteiger partial charge in [-0.25, -0.2) is 9.97 Å². The maximum atomic E-state index is 5.87. The minimum Gasteiger partial charge on any atom is -0.438 e. The van der Waals surface area contributed by atoms with E-state index >= 15 is 0 Å². The lowest BCUT2D eigenvalue weighted by molar-refractivity contribution is 0.616. The second-order valence-corrected chi connectivity index (χ2v) is 5.85. The van der Waals surface area contributed by atoms with Gasteiger partial charge in [0.05, 0.1) is 5.39 Å². The van der Waals surface area contributed by atoms with E-state index in [1.807, 2.05) is 54.6 Å². The van der Waals surface area contributed by atoms with Crippen molar-refractivity contribution in [2.75, 3.05) is 0 Å². The van der Waals surface area contributed by atoms with Gasteiger partial charge in [-0.1, -0.05) is 60.3 Å². The molecule has 0 aliphatic rings. The second kappa shape index (κ2) is 5.66. The van der Waals surface area contributed by atoms with E-state index in [1.54, 1.807) is 18.1 Å². The lowest BCUT2D eigenvalue weighted by Gasteiger charge is -2.00.